The summed E-state index contributed by atoms with van der Waals surface area (Å²) in [6.45, 7) is 14.1. The average molecular weight is 310 g/mol. The van der Waals surface area contributed by atoms with Crippen molar-refractivity contribution in [3.05, 3.63) is 12.2 Å². The molecule has 1 aliphatic heterocycles. The van der Waals surface area contributed by atoms with Crippen LogP contribution in [0.5, 0.6) is 0 Å². The third-order valence-electron chi connectivity index (χ3n) is 4.63. The van der Waals surface area contributed by atoms with Crippen molar-refractivity contribution in [2.75, 3.05) is 19.3 Å². The smallest absolute Gasteiger partial charge is 0.0669 e. The Morgan fingerprint density at radius 2 is 1.19 bits per heavy atom. The molecule has 0 aromatic rings. The highest BCUT2D eigenvalue weighted by atomic mass is 28.3. The number of allylic oxidation sites excluding steroid dienone is 1. The second kappa shape index (κ2) is 10.6. The van der Waals surface area contributed by atoms with E-state index in [9.17, 15) is 0 Å². The van der Waals surface area contributed by atoms with Crippen molar-refractivity contribution in [1.29, 1.82) is 0 Å². The predicted octanol–water partition coefficient (Wildman–Crippen LogP) is 6.03. The maximum Gasteiger partial charge on any atom is 0.0669 e. The summed E-state index contributed by atoms with van der Waals surface area (Å²) in [5, 5.41) is 0. The van der Waals surface area contributed by atoms with E-state index in [1.807, 2.05) is 0 Å². The van der Waals surface area contributed by atoms with Gasteiger partial charge in [0.2, 0.25) is 0 Å². The number of rotatable bonds is 4. The minimum Gasteiger partial charge on any atom is -0.306 e. The van der Waals surface area contributed by atoms with Crippen LogP contribution in [0.15, 0.2) is 12.2 Å². The van der Waals surface area contributed by atoms with Crippen molar-refractivity contribution in [2.45, 2.75) is 90.3 Å². The van der Waals surface area contributed by atoms with Gasteiger partial charge >= 0.3 is 0 Å². The summed E-state index contributed by atoms with van der Waals surface area (Å²) in [4.78, 5) is 2.80. The first-order valence-corrected chi connectivity index (χ1v) is 12.8. The van der Waals surface area contributed by atoms with Crippen molar-refractivity contribution in [3.63, 3.8) is 0 Å². The van der Waals surface area contributed by atoms with E-state index in [4.69, 9.17) is 0 Å². The van der Waals surface area contributed by atoms with Gasteiger partial charge in [0.25, 0.3) is 0 Å². The number of hydrogen-bond acceptors (Lipinski definition) is 1. The molecule has 1 aliphatic rings. The topological polar surface area (TPSA) is 3.24 Å². The molecule has 0 saturated carbocycles. The minimum absolute atomic E-state index is 1.13. The normalized spacial score (nSPS) is 21.1. The molecule has 0 radical (unpaired) electrons. The third-order valence-corrected chi connectivity index (χ3v) is 7.49. The Morgan fingerprint density at radius 1 is 0.810 bits per heavy atom. The first-order chi connectivity index (χ1) is 9.99. The lowest BCUT2D eigenvalue weighted by atomic mass is 10.1. The van der Waals surface area contributed by atoms with E-state index in [1.165, 1.54) is 95.1 Å². The lowest BCUT2D eigenvalue weighted by molar-refractivity contribution is 0.295. The molecule has 0 amide bonds. The maximum absolute atomic E-state index is 4.14. The molecule has 124 valence electrons. The first kappa shape index (κ1) is 19.0. The largest absolute Gasteiger partial charge is 0.306 e. The molecule has 0 unspecified atom stereocenters. The Bertz CT molecular complexity index is 271. The Kier molecular flexibility index (Phi) is 9.58. The summed E-state index contributed by atoms with van der Waals surface area (Å²) in [5.74, 6) is 0. The van der Waals surface area contributed by atoms with E-state index in [0.29, 0.717) is 0 Å². The Morgan fingerprint density at radius 3 is 1.57 bits per heavy atom. The summed E-state index contributed by atoms with van der Waals surface area (Å²) in [6, 6.07) is 1.30. The fourth-order valence-corrected chi connectivity index (χ4v) is 7.11. The highest BCUT2D eigenvalue weighted by molar-refractivity contribution is 6.78. The van der Waals surface area contributed by atoms with Crippen LogP contribution in [0.3, 0.4) is 0 Å². The van der Waals surface area contributed by atoms with Crippen molar-refractivity contribution in [1.82, 2.24) is 4.90 Å². The van der Waals surface area contributed by atoms with Gasteiger partial charge in [0.15, 0.2) is 0 Å². The highest BCUT2D eigenvalue weighted by Gasteiger charge is 2.23. The first-order valence-electron chi connectivity index (χ1n) is 9.36. The summed E-state index contributed by atoms with van der Waals surface area (Å²) in [5.41, 5.74) is 1.39. The summed E-state index contributed by atoms with van der Waals surface area (Å²) in [6.07, 6.45) is 15.9. The second-order valence-electron chi connectivity index (χ2n) is 8.11. The van der Waals surface area contributed by atoms with Gasteiger partial charge in [-0.05, 0) is 45.1 Å². The fourth-order valence-electron chi connectivity index (χ4n) is 3.83. The van der Waals surface area contributed by atoms with Gasteiger partial charge in [-0.25, -0.2) is 0 Å². The van der Waals surface area contributed by atoms with Gasteiger partial charge in [0.1, 0.15) is 0 Å². The molecular weight excluding hydrogens is 270 g/mol. The molecule has 0 aromatic carbocycles. The Hall–Kier alpha value is -0.0831. The van der Waals surface area contributed by atoms with E-state index in [-0.39, 0.29) is 0 Å². The summed E-state index contributed by atoms with van der Waals surface area (Å²) < 4.78 is 0. The lowest BCUT2D eigenvalue weighted by Crippen LogP contribution is -2.43. The van der Waals surface area contributed by atoms with E-state index < -0.39 is 8.07 Å². The van der Waals surface area contributed by atoms with Crippen molar-refractivity contribution >= 4 is 8.07 Å². The Balaban J connectivity index is 2.44. The van der Waals surface area contributed by atoms with Crippen LogP contribution in [-0.2, 0) is 0 Å². The van der Waals surface area contributed by atoms with Crippen molar-refractivity contribution in [3.8, 4) is 0 Å². The van der Waals surface area contributed by atoms with E-state index in [1.54, 1.807) is 0 Å². The van der Waals surface area contributed by atoms with Gasteiger partial charge in [-0.2, -0.15) is 0 Å². The molecule has 1 heterocycles. The van der Waals surface area contributed by atoms with Gasteiger partial charge < -0.3 is 4.90 Å². The number of hydrogen-bond donors (Lipinski definition) is 0. The van der Waals surface area contributed by atoms with Crippen LogP contribution in [0.25, 0.3) is 0 Å². The molecule has 2 heteroatoms. The summed E-state index contributed by atoms with van der Waals surface area (Å²) >= 11 is 0. The molecule has 0 spiro atoms. The second-order valence-corrected chi connectivity index (χ2v) is 13.1. The van der Waals surface area contributed by atoms with Gasteiger partial charge in [-0.15, -0.1) is 6.58 Å². The Labute approximate surface area is 135 Å². The standard InChI is InChI=1S/C19H39NSi/c1-19(2)17-21(3,4)18-20-15-13-11-9-7-5-6-8-10-12-14-16-20/h1,5-18H2,2-4H3. The molecule has 1 rings (SSSR count). The molecule has 21 heavy (non-hydrogen) atoms. The van der Waals surface area contributed by atoms with Gasteiger partial charge in [0, 0.05) is 0 Å². The SMILES string of the molecule is C=C(C)C[Si](C)(C)CN1CCCCCCCCCCCC1. The third kappa shape index (κ3) is 10.3. The zero-order valence-electron chi connectivity index (χ0n) is 15.1. The van der Waals surface area contributed by atoms with Crippen LogP contribution < -0.4 is 0 Å². The molecule has 0 atom stereocenters. The van der Waals surface area contributed by atoms with Crippen LogP contribution in [0.2, 0.25) is 19.1 Å². The minimum atomic E-state index is -1.13. The van der Waals surface area contributed by atoms with Crippen LogP contribution in [0.4, 0.5) is 0 Å². The van der Waals surface area contributed by atoms with Gasteiger partial charge in [-0.1, -0.05) is 70.0 Å². The van der Waals surface area contributed by atoms with E-state index >= 15 is 0 Å². The zero-order valence-corrected chi connectivity index (χ0v) is 16.1. The number of nitrogens with zero attached hydrogens (tertiary/aromatic N) is 1. The quantitative estimate of drug-likeness (QED) is 0.453. The van der Waals surface area contributed by atoms with Crippen molar-refractivity contribution < 1.29 is 0 Å². The lowest BCUT2D eigenvalue weighted by Gasteiger charge is -2.31. The highest BCUT2D eigenvalue weighted by Crippen LogP contribution is 2.18. The van der Waals surface area contributed by atoms with E-state index in [0.717, 1.165) is 0 Å². The monoisotopic (exact) mass is 309 g/mol. The molecule has 0 aliphatic carbocycles. The molecule has 1 fully saturated rings. The van der Waals surface area contributed by atoms with Crippen LogP contribution >= 0.6 is 0 Å². The van der Waals surface area contributed by atoms with Crippen LogP contribution in [0, 0.1) is 0 Å². The molecular formula is C19H39NSi. The molecule has 0 aromatic heterocycles. The van der Waals surface area contributed by atoms with E-state index in [2.05, 4.69) is 31.5 Å². The molecule has 0 N–H and O–H groups in total. The molecule has 1 saturated heterocycles. The van der Waals surface area contributed by atoms with Gasteiger partial charge in [0.05, 0.1) is 8.07 Å². The predicted molar refractivity (Wildman–Crippen MR) is 99.7 cm³/mol. The van der Waals surface area contributed by atoms with Crippen LogP contribution in [-0.4, -0.2) is 32.2 Å². The summed E-state index contributed by atoms with van der Waals surface area (Å²) in [7, 11) is -1.13. The fraction of sp³-hybridized carbons (Fsp3) is 0.895. The maximum atomic E-state index is 4.14. The molecule has 1 nitrogen and oxygen atoms in total. The van der Waals surface area contributed by atoms with Crippen molar-refractivity contribution in [2.24, 2.45) is 0 Å². The van der Waals surface area contributed by atoms with Crippen LogP contribution in [0.1, 0.15) is 71.1 Å². The molecule has 0 bridgehead atoms. The zero-order chi connectivity index (χ0) is 15.6. The van der Waals surface area contributed by atoms with Gasteiger partial charge in [-0.3, -0.25) is 0 Å². The average Bonchev–Trinajstić information content (AvgIpc) is 2.39.